The second-order valence-corrected chi connectivity index (χ2v) is 8.25. The van der Waals surface area contributed by atoms with Gasteiger partial charge in [-0.2, -0.15) is 0 Å². The molecule has 4 nitrogen and oxygen atoms in total. The topological polar surface area (TPSA) is 63.2 Å². The van der Waals surface area contributed by atoms with E-state index in [0.717, 1.165) is 23.8 Å². The minimum Gasteiger partial charge on any atom is -0.273 e. The molecule has 0 radical (unpaired) electrons. The molecule has 3 rings (SSSR count). The van der Waals surface area contributed by atoms with E-state index < -0.39 is 37.9 Å². The van der Waals surface area contributed by atoms with Crippen molar-refractivity contribution in [1.82, 2.24) is 4.72 Å². The molecule has 1 atom stereocenters. The van der Waals surface area contributed by atoms with Gasteiger partial charge in [0.15, 0.2) is 11.6 Å². The first-order chi connectivity index (χ1) is 12.2. The number of hydrogen-bond donors (Lipinski definition) is 1. The Bertz CT molecular complexity index is 994. The summed E-state index contributed by atoms with van der Waals surface area (Å²) >= 11 is 6.18. The lowest BCUT2D eigenvalue weighted by Crippen LogP contribution is -2.45. The number of carbonyl (C=O) groups excluding carboxylic acids is 1. The van der Waals surface area contributed by atoms with Crippen molar-refractivity contribution in [2.24, 2.45) is 0 Å². The second kappa shape index (κ2) is 6.63. The first kappa shape index (κ1) is 18.8. The minimum absolute atomic E-state index is 0.341. The smallest absolute Gasteiger partial charge is 0.267 e. The fourth-order valence-corrected chi connectivity index (χ4v) is 4.87. The Morgan fingerprint density at radius 1 is 1.23 bits per heavy atom. The molecular formula is C18H16ClF2NO3S. The Labute approximate surface area is 155 Å². The number of fused-ring (bicyclic) bond motifs is 1. The van der Waals surface area contributed by atoms with Crippen molar-refractivity contribution < 1.29 is 22.0 Å². The van der Waals surface area contributed by atoms with E-state index in [0.29, 0.717) is 29.8 Å². The number of hydrogen-bond acceptors (Lipinski definition) is 3. The van der Waals surface area contributed by atoms with E-state index in [2.05, 4.69) is 0 Å². The molecule has 1 aliphatic rings. The summed E-state index contributed by atoms with van der Waals surface area (Å²) in [5, 5.41) is 0.518. The van der Waals surface area contributed by atoms with Crippen LogP contribution in [0.4, 0.5) is 8.78 Å². The molecule has 8 heteroatoms. The van der Waals surface area contributed by atoms with Crippen molar-refractivity contribution in [3.05, 3.63) is 64.2 Å². The molecular weight excluding hydrogens is 384 g/mol. The number of amides is 1. The van der Waals surface area contributed by atoms with Gasteiger partial charge in [0, 0.05) is 5.02 Å². The van der Waals surface area contributed by atoms with Gasteiger partial charge in [0.25, 0.3) is 10.0 Å². The summed E-state index contributed by atoms with van der Waals surface area (Å²) in [6, 6.07) is 7.93. The third-order valence-electron chi connectivity index (χ3n) is 4.91. The number of carbonyl (C=O) groups is 1. The molecule has 0 saturated heterocycles. The fraction of sp³-hybridized carbons (Fsp3) is 0.278. The van der Waals surface area contributed by atoms with Crippen LogP contribution in [0.1, 0.15) is 30.9 Å². The number of nitrogens with one attached hydrogen (secondary N) is 1. The van der Waals surface area contributed by atoms with Crippen LogP contribution in [0, 0.1) is 11.6 Å². The van der Waals surface area contributed by atoms with E-state index in [1.165, 1.54) is 0 Å². The van der Waals surface area contributed by atoms with E-state index in [1.54, 1.807) is 25.1 Å². The van der Waals surface area contributed by atoms with Crippen molar-refractivity contribution in [3.8, 4) is 0 Å². The van der Waals surface area contributed by atoms with Crippen LogP contribution in [-0.2, 0) is 26.7 Å². The van der Waals surface area contributed by atoms with Gasteiger partial charge in [-0.3, -0.25) is 4.79 Å². The van der Waals surface area contributed by atoms with Gasteiger partial charge in [-0.25, -0.2) is 21.9 Å². The van der Waals surface area contributed by atoms with Crippen molar-refractivity contribution in [3.63, 3.8) is 0 Å². The fourth-order valence-electron chi connectivity index (χ4n) is 3.46. The van der Waals surface area contributed by atoms with Crippen LogP contribution in [0.15, 0.2) is 41.3 Å². The quantitative estimate of drug-likeness (QED) is 0.852. The first-order valence-electron chi connectivity index (χ1n) is 8.02. The maximum absolute atomic E-state index is 13.9. The maximum Gasteiger partial charge on any atom is 0.267 e. The summed E-state index contributed by atoms with van der Waals surface area (Å²) in [6.45, 7) is 1.77. The van der Waals surface area contributed by atoms with Gasteiger partial charge in [-0.05, 0) is 48.6 Å². The molecule has 1 aliphatic carbocycles. The zero-order valence-electron chi connectivity index (χ0n) is 13.9. The average molecular weight is 400 g/mol. The highest BCUT2D eigenvalue weighted by Crippen LogP contribution is 2.44. The second-order valence-electron chi connectivity index (χ2n) is 6.19. The maximum atomic E-state index is 13.9. The largest absolute Gasteiger partial charge is 0.273 e. The van der Waals surface area contributed by atoms with Gasteiger partial charge in [0.05, 0.1) is 5.41 Å². The molecule has 1 unspecified atom stereocenters. The molecule has 26 heavy (non-hydrogen) atoms. The summed E-state index contributed by atoms with van der Waals surface area (Å²) in [7, 11) is -4.56. The van der Waals surface area contributed by atoms with Gasteiger partial charge in [0.2, 0.25) is 5.91 Å². The number of rotatable bonds is 4. The van der Waals surface area contributed by atoms with Gasteiger partial charge in [-0.15, -0.1) is 0 Å². The SMILES string of the molecule is CCC1(C(=O)NS(=O)(=O)c2cccc(F)c2F)CCc2c(Cl)cccc21. The van der Waals surface area contributed by atoms with Crippen LogP contribution in [0.25, 0.3) is 0 Å². The molecule has 0 aliphatic heterocycles. The Morgan fingerprint density at radius 2 is 1.92 bits per heavy atom. The van der Waals surface area contributed by atoms with Crippen LogP contribution in [-0.4, -0.2) is 14.3 Å². The lowest BCUT2D eigenvalue weighted by atomic mass is 9.79. The summed E-state index contributed by atoms with van der Waals surface area (Å²) in [5.74, 6) is -3.60. The van der Waals surface area contributed by atoms with Crippen LogP contribution in [0.5, 0.6) is 0 Å². The summed E-state index contributed by atoms with van der Waals surface area (Å²) in [4.78, 5) is 12.0. The Kier molecular flexibility index (Phi) is 4.79. The Morgan fingerprint density at radius 3 is 2.62 bits per heavy atom. The van der Waals surface area contributed by atoms with Crippen LogP contribution >= 0.6 is 11.6 Å². The molecule has 0 saturated carbocycles. The Balaban J connectivity index is 2.00. The molecule has 0 fully saturated rings. The third-order valence-corrected chi connectivity index (χ3v) is 6.61. The molecule has 2 aromatic rings. The molecule has 1 N–H and O–H groups in total. The van der Waals surface area contributed by atoms with E-state index >= 15 is 0 Å². The summed E-state index contributed by atoms with van der Waals surface area (Å²) in [5.41, 5.74) is 0.386. The molecule has 138 valence electrons. The normalized spacial score (nSPS) is 19.2. The third kappa shape index (κ3) is 2.89. The Hall–Kier alpha value is -1.99. The van der Waals surface area contributed by atoms with Gasteiger partial charge < -0.3 is 0 Å². The van der Waals surface area contributed by atoms with Gasteiger partial charge in [-0.1, -0.05) is 36.7 Å². The number of sulfonamides is 1. The van der Waals surface area contributed by atoms with Crippen LogP contribution in [0.3, 0.4) is 0 Å². The molecule has 0 aromatic heterocycles. The monoisotopic (exact) mass is 399 g/mol. The number of halogens is 3. The van der Waals surface area contributed by atoms with Gasteiger partial charge in [0.1, 0.15) is 4.90 Å². The van der Waals surface area contributed by atoms with Gasteiger partial charge >= 0.3 is 0 Å². The predicted octanol–water partition coefficient (Wildman–Crippen LogP) is 3.72. The standard InChI is InChI=1S/C18H16ClF2NO3S/c1-2-18(10-9-11-12(18)5-3-6-13(11)19)17(23)22-26(24,25)15-8-4-7-14(20)16(15)21/h3-8H,2,9-10H2,1H3,(H,22,23). The highest BCUT2D eigenvalue weighted by atomic mass is 35.5. The first-order valence-corrected chi connectivity index (χ1v) is 9.88. The molecule has 2 aromatic carbocycles. The molecule has 0 heterocycles. The van der Waals surface area contributed by atoms with Crippen molar-refractivity contribution in [2.75, 3.05) is 0 Å². The minimum atomic E-state index is -4.56. The zero-order valence-corrected chi connectivity index (χ0v) is 15.4. The van der Waals surface area contributed by atoms with Crippen molar-refractivity contribution in [2.45, 2.75) is 36.5 Å². The highest BCUT2D eigenvalue weighted by molar-refractivity contribution is 7.90. The number of benzene rings is 2. The van der Waals surface area contributed by atoms with Crippen molar-refractivity contribution >= 4 is 27.5 Å². The van der Waals surface area contributed by atoms with E-state index in [9.17, 15) is 22.0 Å². The van der Waals surface area contributed by atoms with Crippen LogP contribution < -0.4 is 4.72 Å². The highest BCUT2D eigenvalue weighted by Gasteiger charge is 2.46. The van der Waals surface area contributed by atoms with E-state index in [4.69, 9.17) is 11.6 Å². The predicted molar refractivity (Wildman–Crippen MR) is 93.4 cm³/mol. The van der Waals surface area contributed by atoms with Crippen molar-refractivity contribution in [1.29, 1.82) is 0 Å². The lowest BCUT2D eigenvalue weighted by Gasteiger charge is -2.27. The van der Waals surface area contributed by atoms with E-state index in [1.807, 2.05) is 4.72 Å². The molecule has 1 amide bonds. The lowest BCUT2D eigenvalue weighted by molar-refractivity contribution is -0.125. The zero-order chi connectivity index (χ0) is 19.1. The average Bonchev–Trinajstić information content (AvgIpc) is 2.98. The van der Waals surface area contributed by atoms with E-state index in [-0.39, 0.29) is 0 Å². The molecule has 0 spiro atoms. The summed E-state index contributed by atoms with van der Waals surface area (Å²) < 4.78 is 54.0. The molecule has 0 bridgehead atoms. The summed E-state index contributed by atoms with van der Waals surface area (Å²) in [6.07, 6.45) is 1.26. The van der Waals surface area contributed by atoms with Crippen LogP contribution in [0.2, 0.25) is 5.02 Å².